The van der Waals surface area contributed by atoms with Crippen LogP contribution >= 0.6 is 0 Å². The minimum absolute atomic E-state index is 0.0536. The second-order valence-corrected chi connectivity index (χ2v) is 5.57. The van der Waals surface area contributed by atoms with E-state index in [4.69, 9.17) is 9.36 Å². The molecule has 5 nitrogen and oxygen atoms in total. The SMILES string of the molecule is C/C(=N\OC(=O)c1ccc(C(F)(F)F)cc1)c1cc(-c2ccccc2)no1. The van der Waals surface area contributed by atoms with E-state index in [2.05, 4.69) is 10.3 Å². The third kappa shape index (κ3) is 4.41. The second-order valence-electron chi connectivity index (χ2n) is 5.57. The maximum absolute atomic E-state index is 12.5. The zero-order valence-corrected chi connectivity index (χ0v) is 14.0. The first-order valence-electron chi connectivity index (χ1n) is 7.80. The summed E-state index contributed by atoms with van der Waals surface area (Å²) in [6.07, 6.45) is -4.47. The first-order valence-corrected chi connectivity index (χ1v) is 7.80. The summed E-state index contributed by atoms with van der Waals surface area (Å²) in [5.41, 5.74) is 0.789. The van der Waals surface area contributed by atoms with Crippen LogP contribution in [-0.4, -0.2) is 16.8 Å². The third-order valence-corrected chi connectivity index (χ3v) is 3.65. The van der Waals surface area contributed by atoms with E-state index in [9.17, 15) is 18.0 Å². The quantitative estimate of drug-likeness (QED) is 0.369. The van der Waals surface area contributed by atoms with E-state index in [-0.39, 0.29) is 11.3 Å². The average Bonchev–Trinajstić information content (AvgIpc) is 3.16. The van der Waals surface area contributed by atoms with Gasteiger partial charge in [-0.15, -0.1) is 0 Å². The van der Waals surface area contributed by atoms with E-state index < -0.39 is 17.7 Å². The topological polar surface area (TPSA) is 64.7 Å². The van der Waals surface area contributed by atoms with Crippen molar-refractivity contribution >= 4 is 11.7 Å². The van der Waals surface area contributed by atoms with Crippen LogP contribution in [-0.2, 0) is 11.0 Å². The molecule has 3 rings (SSSR count). The molecule has 0 unspecified atom stereocenters. The number of carbonyl (C=O) groups excluding carboxylic acids is 1. The van der Waals surface area contributed by atoms with Gasteiger partial charge in [-0.05, 0) is 31.2 Å². The molecule has 2 aromatic carbocycles. The maximum atomic E-state index is 12.5. The van der Waals surface area contributed by atoms with Crippen LogP contribution in [0.25, 0.3) is 11.3 Å². The number of rotatable bonds is 4. The largest absolute Gasteiger partial charge is 0.416 e. The lowest BCUT2D eigenvalue weighted by Gasteiger charge is -2.06. The van der Waals surface area contributed by atoms with Crippen LogP contribution < -0.4 is 0 Å². The van der Waals surface area contributed by atoms with Crippen LogP contribution in [0.4, 0.5) is 13.2 Å². The summed E-state index contributed by atoms with van der Waals surface area (Å²) in [4.78, 5) is 16.7. The molecule has 1 aromatic heterocycles. The Morgan fingerprint density at radius 1 is 1.07 bits per heavy atom. The Morgan fingerprint density at radius 3 is 2.37 bits per heavy atom. The molecule has 3 aromatic rings. The predicted molar refractivity (Wildman–Crippen MR) is 91.0 cm³/mol. The molecule has 0 saturated heterocycles. The summed E-state index contributed by atoms with van der Waals surface area (Å²) in [5.74, 6) is -0.583. The molecule has 0 aliphatic heterocycles. The van der Waals surface area contributed by atoms with Crippen LogP contribution in [0.5, 0.6) is 0 Å². The fraction of sp³-hybridized carbons (Fsp3) is 0.105. The van der Waals surface area contributed by atoms with Crippen molar-refractivity contribution in [2.24, 2.45) is 5.16 Å². The first kappa shape index (κ1) is 18.4. The number of nitrogens with zero attached hydrogens (tertiary/aromatic N) is 2. The average molecular weight is 374 g/mol. The summed E-state index contributed by atoms with van der Waals surface area (Å²) in [5, 5.41) is 7.58. The van der Waals surface area contributed by atoms with Crippen molar-refractivity contribution in [1.29, 1.82) is 0 Å². The van der Waals surface area contributed by atoms with E-state index in [0.717, 1.165) is 29.8 Å². The molecule has 0 fully saturated rings. The number of oxime groups is 1. The van der Waals surface area contributed by atoms with Crippen LogP contribution in [0, 0.1) is 0 Å². The van der Waals surface area contributed by atoms with Gasteiger partial charge in [0.1, 0.15) is 11.4 Å². The van der Waals surface area contributed by atoms with Crippen LogP contribution in [0.2, 0.25) is 0 Å². The van der Waals surface area contributed by atoms with Crippen molar-refractivity contribution in [1.82, 2.24) is 5.16 Å². The summed E-state index contributed by atoms with van der Waals surface area (Å²) < 4.78 is 42.8. The normalized spacial score (nSPS) is 12.1. The Kier molecular flexibility index (Phi) is 5.07. The summed E-state index contributed by atoms with van der Waals surface area (Å²) >= 11 is 0. The molecule has 0 N–H and O–H groups in total. The Bertz CT molecular complexity index is 962. The first-order chi connectivity index (χ1) is 12.8. The standard InChI is InChI=1S/C19H13F3N2O3/c1-12(17-11-16(24-26-17)13-5-3-2-4-6-13)23-27-18(25)14-7-9-15(10-8-14)19(20,21)22/h2-11H,1H3/b23-12+. The van der Waals surface area contributed by atoms with Gasteiger partial charge >= 0.3 is 12.1 Å². The number of benzene rings is 2. The monoisotopic (exact) mass is 374 g/mol. The van der Waals surface area contributed by atoms with Crippen molar-refractivity contribution in [2.45, 2.75) is 13.1 Å². The van der Waals surface area contributed by atoms with Gasteiger partial charge in [0, 0.05) is 11.6 Å². The smallest absolute Gasteiger partial charge is 0.354 e. The van der Waals surface area contributed by atoms with Crippen molar-refractivity contribution in [3.63, 3.8) is 0 Å². The van der Waals surface area contributed by atoms with Crippen molar-refractivity contribution in [2.75, 3.05) is 0 Å². The number of aromatic nitrogens is 1. The van der Waals surface area contributed by atoms with Gasteiger partial charge in [0.2, 0.25) is 0 Å². The highest BCUT2D eigenvalue weighted by atomic mass is 19.4. The van der Waals surface area contributed by atoms with Gasteiger partial charge in [0.05, 0.1) is 11.1 Å². The molecule has 0 saturated carbocycles. The van der Waals surface area contributed by atoms with Gasteiger partial charge in [0.15, 0.2) is 5.76 Å². The summed E-state index contributed by atoms with van der Waals surface area (Å²) in [7, 11) is 0. The molecule has 8 heteroatoms. The number of halogens is 3. The van der Waals surface area contributed by atoms with Crippen molar-refractivity contribution < 1.29 is 27.3 Å². The lowest BCUT2D eigenvalue weighted by atomic mass is 10.1. The second kappa shape index (κ2) is 7.45. The van der Waals surface area contributed by atoms with Crippen LogP contribution in [0.3, 0.4) is 0 Å². The molecular formula is C19H13F3N2O3. The van der Waals surface area contributed by atoms with Crippen LogP contribution in [0.1, 0.15) is 28.6 Å². The molecular weight excluding hydrogens is 361 g/mol. The molecule has 138 valence electrons. The van der Waals surface area contributed by atoms with Crippen molar-refractivity contribution in [3.8, 4) is 11.3 Å². The summed E-state index contributed by atoms with van der Waals surface area (Å²) in [6, 6.07) is 14.6. The Hall–Kier alpha value is -3.42. The molecule has 0 atom stereocenters. The molecule has 1 heterocycles. The highest BCUT2D eigenvalue weighted by Crippen LogP contribution is 2.29. The number of hydrogen-bond acceptors (Lipinski definition) is 5. The van der Waals surface area contributed by atoms with Crippen LogP contribution in [0.15, 0.2) is 70.3 Å². The van der Waals surface area contributed by atoms with E-state index in [0.29, 0.717) is 11.5 Å². The Morgan fingerprint density at radius 2 is 1.74 bits per heavy atom. The van der Waals surface area contributed by atoms with Gasteiger partial charge in [0.25, 0.3) is 0 Å². The molecule has 0 aliphatic carbocycles. The Balaban J connectivity index is 1.68. The maximum Gasteiger partial charge on any atom is 0.416 e. The zero-order valence-electron chi connectivity index (χ0n) is 14.0. The summed E-state index contributed by atoms with van der Waals surface area (Å²) in [6.45, 7) is 1.55. The fourth-order valence-corrected chi connectivity index (χ4v) is 2.19. The lowest BCUT2D eigenvalue weighted by molar-refractivity contribution is -0.137. The molecule has 0 radical (unpaired) electrons. The third-order valence-electron chi connectivity index (χ3n) is 3.65. The molecule has 27 heavy (non-hydrogen) atoms. The van der Waals surface area contributed by atoms with Gasteiger partial charge in [-0.2, -0.15) is 13.2 Å². The Labute approximate surface area is 152 Å². The minimum Gasteiger partial charge on any atom is -0.354 e. The number of alkyl halides is 3. The predicted octanol–water partition coefficient (Wildman–Crippen LogP) is 4.94. The molecule has 0 amide bonds. The van der Waals surface area contributed by atoms with E-state index in [1.165, 1.54) is 0 Å². The lowest BCUT2D eigenvalue weighted by Crippen LogP contribution is -2.07. The zero-order chi connectivity index (χ0) is 19.4. The van der Waals surface area contributed by atoms with E-state index in [1.807, 2.05) is 30.3 Å². The molecule has 0 aliphatic rings. The van der Waals surface area contributed by atoms with Crippen molar-refractivity contribution in [3.05, 3.63) is 77.6 Å². The highest BCUT2D eigenvalue weighted by Gasteiger charge is 2.30. The van der Waals surface area contributed by atoms with Gasteiger partial charge < -0.3 is 9.36 Å². The highest BCUT2D eigenvalue weighted by molar-refractivity contribution is 5.97. The fourth-order valence-electron chi connectivity index (χ4n) is 2.19. The van der Waals surface area contributed by atoms with E-state index in [1.54, 1.807) is 13.0 Å². The van der Waals surface area contributed by atoms with Gasteiger partial charge in [-0.25, -0.2) is 4.79 Å². The number of carbonyl (C=O) groups is 1. The molecule has 0 bridgehead atoms. The molecule has 0 spiro atoms. The van der Waals surface area contributed by atoms with Gasteiger partial charge in [-0.3, -0.25) is 0 Å². The number of hydrogen-bond donors (Lipinski definition) is 0. The van der Waals surface area contributed by atoms with E-state index >= 15 is 0 Å². The minimum atomic E-state index is -4.47. The van der Waals surface area contributed by atoms with Gasteiger partial charge in [-0.1, -0.05) is 40.6 Å².